The van der Waals surface area contributed by atoms with E-state index < -0.39 is 11.7 Å². The highest BCUT2D eigenvalue weighted by atomic mass is 32.1. The number of halogens is 3. The number of hydrogen-bond donors (Lipinski definition) is 1. The lowest BCUT2D eigenvalue weighted by molar-refractivity contribution is -0.137. The summed E-state index contributed by atoms with van der Waals surface area (Å²) in [4.78, 5) is 0. The summed E-state index contributed by atoms with van der Waals surface area (Å²) in [6.45, 7) is 0.641. The van der Waals surface area contributed by atoms with Crippen LogP contribution in [0, 0.1) is 4.77 Å². The fourth-order valence-corrected chi connectivity index (χ4v) is 2.51. The van der Waals surface area contributed by atoms with Gasteiger partial charge < -0.3 is 4.74 Å². The highest BCUT2D eigenvalue weighted by Crippen LogP contribution is 2.29. The Hall–Kier alpha value is -2.00. The Morgan fingerprint density at radius 1 is 1.43 bits per heavy atom. The molecular formula is C14H13F3N4OS. The monoisotopic (exact) mass is 342 g/mol. The van der Waals surface area contributed by atoms with Crippen molar-refractivity contribution in [2.75, 3.05) is 6.61 Å². The van der Waals surface area contributed by atoms with Crippen molar-refractivity contribution in [2.45, 2.75) is 25.1 Å². The molecule has 2 aromatic rings. The predicted octanol–water partition coefficient (Wildman–Crippen LogP) is 3.69. The predicted molar refractivity (Wildman–Crippen MR) is 79.8 cm³/mol. The van der Waals surface area contributed by atoms with Crippen LogP contribution in [0.3, 0.4) is 0 Å². The topological polar surface area (TPSA) is 55.2 Å². The van der Waals surface area contributed by atoms with Crippen molar-refractivity contribution < 1.29 is 17.9 Å². The van der Waals surface area contributed by atoms with Gasteiger partial charge in [-0.15, -0.1) is 0 Å². The van der Waals surface area contributed by atoms with Gasteiger partial charge in [0.2, 0.25) is 4.77 Å². The van der Waals surface area contributed by atoms with Crippen molar-refractivity contribution >= 4 is 18.4 Å². The summed E-state index contributed by atoms with van der Waals surface area (Å²) in [5.74, 6) is 0.524. The maximum Gasteiger partial charge on any atom is 0.416 e. The summed E-state index contributed by atoms with van der Waals surface area (Å²) >= 11 is 5.10. The minimum atomic E-state index is -4.39. The fourth-order valence-electron chi connectivity index (χ4n) is 2.32. The Morgan fingerprint density at radius 3 is 2.96 bits per heavy atom. The SMILES string of the molecule is FC(F)(F)c1cccc(/C=N\n2c([C@@H]3CCCO3)n[nH]c2=S)c1. The summed E-state index contributed by atoms with van der Waals surface area (Å²) in [6, 6.07) is 4.91. The first kappa shape index (κ1) is 15.9. The number of benzene rings is 1. The summed E-state index contributed by atoms with van der Waals surface area (Å²) < 4.78 is 45.3. The van der Waals surface area contributed by atoms with Gasteiger partial charge in [0.05, 0.1) is 11.8 Å². The molecule has 0 spiro atoms. The molecule has 1 atom stereocenters. The van der Waals surface area contributed by atoms with Crippen molar-refractivity contribution in [1.82, 2.24) is 14.9 Å². The molecule has 1 aromatic carbocycles. The van der Waals surface area contributed by atoms with Crippen LogP contribution in [0.15, 0.2) is 29.4 Å². The first-order valence-electron chi connectivity index (χ1n) is 6.96. The number of rotatable bonds is 3. The molecule has 5 nitrogen and oxygen atoms in total. The second kappa shape index (κ2) is 6.25. The molecule has 122 valence electrons. The van der Waals surface area contributed by atoms with Crippen molar-refractivity contribution in [1.29, 1.82) is 0 Å². The molecule has 1 aromatic heterocycles. The number of aromatic amines is 1. The van der Waals surface area contributed by atoms with Gasteiger partial charge in [-0.3, -0.25) is 5.10 Å². The molecule has 1 aliphatic heterocycles. The van der Waals surface area contributed by atoms with E-state index in [4.69, 9.17) is 17.0 Å². The maximum atomic E-state index is 12.7. The standard InChI is InChI=1S/C14H13F3N4OS/c15-14(16,17)10-4-1-3-9(7-10)8-18-21-12(19-20-13(21)23)11-5-2-6-22-11/h1,3-4,7-8,11H,2,5-6H2,(H,20,23)/b18-8-/t11-/m0/s1. The fraction of sp³-hybridized carbons (Fsp3) is 0.357. The molecule has 9 heteroatoms. The summed E-state index contributed by atoms with van der Waals surface area (Å²) in [5, 5.41) is 10.9. The number of H-pyrrole nitrogens is 1. The molecule has 23 heavy (non-hydrogen) atoms. The highest BCUT2D eigenvalue weighted by Gasteiger charge is 2.30. The number of hydrogen-bond acceptors (Lipinski definition) is 4. The van der Waals surface area contributed by atoms with Crippen LogP contribution < -0.4 is 0 Å². The van der Waals surface area contributed by atoms with Crippen LogP contribution >= 0.6 is 12.2 Å². The number of aromatic nitrogens is 3. The molecule has 1 fully saturated rings. The van der Waals surface area contributed by atoms with E-state index in [1.807, 2.05) is 0 Å². The second-order valence-electron chi connectivity index (χ2n) is 5.07. The van der Waals surface area contributed by atoms with E-state index in [-0.39, 0.29) is 10.9 Å². The van der Waals surface area contributed by atoms with Gasteiger partial charge in [-0.25, -0.2) is 0 Å². The third-order valence-electron chi connectivity index (χ3n) is 3.43. The lowest BCUT2D eigenvalue weighted by atomic mass is 10.1. The molecule has 0 unspecified atom stereocenters. The smallest absolute Gasteiger partial charge is 0.370 e. The Morgan fingerprint density at radius 2 is 2.26 bits per heavy atom. The third-order valence-corrected chi connectivity index (χ3v) is 3.69. The van der Waals surface area contributed by atoms with Gasteiger partial charge in [0, 0.05) is 6.61 Å². The van der Waals surface area contributed by atoms with E-state index in [0.29, 0.717) is 18.0 Å². The molecule has 1 saturated heterocycles. The van der Waals surface area contributed by atoms with Gasteiger partial charge in [0.15, 0.2) is 5.82 Å². The summed E-state index contributed by atoms with van der Waals surface area (Å²) in [5.41, 5.74) is -0.405. The molecule has 2 heterocycles. The first-order chi connectivity index (χ1) is 10.9. The molecular weight excluding hydrogens is 329 g/mol. The zero-order chi connectivity index (χ0) is 16.4. The Labute approximate surface area is 134 Å². The van der Waals surface area contributed by atoms with Crippen LogP contribution in [0.25, 0.3) is 0 Å². The van der Waals surface area contributed by atoms with E-state index in [0.717, 1.165) is 25.0 Å². The van der Waals surface area contributed by atoms with Gasteiger partial charge in [0.1, 0.15) is 6.10 Å². The normalized spacial score (nSPS) is 18.8. The molecule has 3 rings (SSSR count). The van der Waals surface area contributed by atoms with Gasteiger partial charge in [0.25, 0.3) is 0 Å². The van der Waals surface area contributed by atoms with E-state index in [1.54, 1.807) is 0 Å². The summed E-state index contributed by atoms with van der Waals surface area (Å²) in [7, 11) is 0. The molecule has 0 amide bonds. The van der Waals surface area contributed by atoms with Crippen LogP contribution in [0.5, 0.6) is 0 Å². The zero-order valence-corrected chi connectivity index (χ0v) is 12.7. The molecule has 0 saturated carbocycles. The number of nitrogens with one attached hydrogen (secondary N) is 1. The van der Waals surface area contributed by atoms with E-state index in [9.17, 15) is 13.2 Å². The molecule has 0 bridgehead atoms. The van der Waals surface area contributed by atoms with Crippen molar-refractivity contribution in [3.63, 3.8) is 0 Å². The number of alkyl halides is 3. The van der Waals surface area contributed by atoms with Crippen LogP contribution in [-0.2, 0) is 10.9 Å². The van der Waals surface area contributed by atoms with Gasteiger partial charge in [-0.2, -0.15) is 28.0 Å². The molecule has 1 N–H and O–H groups in total. The number of ether oxygens (including phenoxy) is 1. The third kappa shape index (κ3) is 3.50. The minimum Gasteiger partial charge on any atom is -0.370 e. The van der Waals surface area contributed by atoms with Crippen molar-refractivity contribution in [2.24, 2.45) is 5.10 Å². The van der Waals surface area contributed by atoms with Crippen LogP contribution in [0.2, 0.25) is 0 Å². The Kier molecular flexibility index (Phi) is 4.31. The van der Waals surface area contributed by atoms with Crippen LogP contribution in [-0.4, -0.2) is 27.7 Å². The quantitative estimate of drug-likeness (QED) is 0.684. The van der Waals surface area contributed by atoms with Gasteiger partial charge in [-0.05, 0) is 42.8 Å². The molecule has 1 aliphatic rings. The van der Waals surface area contributed by atoms with E-state index in [1.165, 1.54) is 23.0 Å². The average Bonchev–Trinajstić information content (AvgIpc) is 3.14. The lowest BCUT2D eigenvalue weighted by Gasteiger charge is -2.08. The average molecular weight is 342 g/mol. The van der Waals surface area contributed by atoms with Crippen LogP contribution in [0.1, 0.15) is 35.9 Å². The first-order valence-corrected chi connectivity index (χ1v) is 7.36. The largest absolute Gasteiger partial charge is 0.416 e. The maximum absolute atomic E-state index is 12.7. The van der Waals surface area contributed by atoms with Gasteiger partial charge >= 0.3 is 6.18 Å². The summed E-state index contributed by atoms with van der Waals surface area (Å²) in [6.07, 6.45) is -1.56. The second-order valence-corrected chi connectivity index (χ2v) is 5.45. The molecule has 0 aliphatic carbocycles. The van der Waals surface area contributed by atoms with Crippen LogP contribution in [0.4, 0.5) is 13.2 Å². The minimum absolute atomic E-state index is 0.207. The molecule has 0 radical (unpaired) electrons. The Bertz CT molecular complexity index is 775. The lowest BCUT2D eigenvalue weighted by Crippen LogP contribution is -2.06. The van der Waals surface area contributed by atoms with Crippen molar-refractivity contribution in [3.8, 4) is 0 Å². The highest BCUT2D eigenvalue weighted by molar-refractivity contribution is 7.71. The van der Waals surface area contributed by atoms with Crippen molar-refractivity contribution in [3.05, 3.63) is 46.0 Å². The van der Waals surface area contributed by atoms with Gasteiger partial charge in [-0.1, -0.05) is 12.1 Å². The number of nitrogens with zero attached hydrogens (tertiary/aromatic N) is 3. The van der Waals surface area contributed by atoms with E-state index in [2.05, 4.69) is 15.3 Å². The zero-order valence-electron chi connectivity index (χ0n) is 11.9. The Balaban J connectivity index is 1.89. The van der Waals surface area contributed by atoms with E-state index >= 15 is 0 Å².